The average Bonchev–Trinajstić information content (AvgIpc) is 2.68. The van der Waals surface area contributed by atoms with E-state index in [-0.39, 0.29) is 11.4 Å². The summed E-state index contributed by atoms with van der Waals surface area (Å²) in [5.41, 5.74) is 3.15. The Morgan fingerprint density at radius 3 is 2.56 bits per heavy atom. The van der Waals surface area contributed by atoms with Crippen molar-refractivity contribution in [3.63, 3.8) is 0 Å². The molecule has 2 heterocycles. The second-order valence-electron chi connectivity index (χ2n) is 6.99. The lowest BCUT2D eigenvalue weighted by atomic mass is 10.1. The number of hydrogen-bond acceptors (Lipinski definition) is 4. The number of nitrogens with zero attached hydrogens (tertiary/aromatic N) is 2. The molecular formula is C22H23FN2O2. The topological polar surface area (TPSA) is 36.7 Å². The van der Waals surface area contributed by atoms with Crippen LogP contribution < -0.4 is 10.5 Å². The van der Waals surface area contributed by atoms with Gasteiger partial charge in [-0.05, 0) is 35.7 Å². The Kier molecular flexibility index (Phi) is 4.94. The van der Waals surface area contributed by atoms with Crippen LogP contribution >= 0.6 is 0 Å². The van der Waals surface area contributed by atoms with E-state index in [0.717, 1.165) is 49.1 Å². The van der Waals surface area contributed by atoms with Crippen LogP contribution in [0.2, 0.25) is 0 Å². The number of halogens is 1. The molecule has 1 aromatic heterocycles. The molecule has 3 aromatic rings. The van der Waals surface area contributed by atoms with Crippen LogP contribution in [0.1, 0.15) is 18.1 Å². The van der Waals surface area contributed by atoms with Crippen molar-refractivity contribution in [2.75, 3.05) is 31.1 Å². The van der Waals surface area contributed by atoms with Crippen LogP contribution in [0.25, 0.3) is 11.0 Å². The van der Waals surface area contributed by atoms with E-state index >= 15 is 0 Å². The SMILES string of the molecule is CCc1ccc2c(CN3CCN(c4ccccc4F)CC3)cc(=O)oc2c1. The Bertz CT molecular complexity index is 1010. The second kappa shape index (κ2) is 7.53. The predicted molar refractivity (Wildman–Crippen MR) is 106 cm³/mol. The highest BCUT2D eigenvalue weighted by molar-refractivity contribution is 5.80. The Morgan fingerprint density at radius 1 is 1.04 bits per heavy atom. The lowest BCUT2D eigenvalue weighted by Gasteiger charge is -2.36. The standard InChI is InChI=1S/C22H23FN2O2/c1-2-16-7-8-18-17(14-22(26)27-21(18)13-16)15-24-9-11-25(12-10-24)20-6-4-3-5-19(20)23/h3-8,13-14H,2,9-12,15H2,1H3. The van der Waals surface area contributed by atoms with Crippen molar-refractivity contribution < 1.29 is 8.81 Å². The molecule has 0 aliphatic carbocycles. The van der Waals surface area contributed by atoms with Crippen molar-refractivity contribution in [1.82, 2.24) is 4.90 Å². The van der Waals surface area contributed by atoms with Crippen LogP contribution in [-0.4, -0.2) is 31.1 Å². The van der Waals surface area contributed by atoms with E-state index < -0.39 is 0 Å². The zero-order valence-electron chi connectivity index (χ0n) is 15.5. The minimum absolute atomic E-state index is 0.177. The maximum atomic E-state index is 14.0. The first-order chi connectivity index (χ1) is 13.1. The normalized spacial score (nSPS) is 15.4. The van der Waals surface area contributed by atoms with E-state index in [1.54, 1.807) is 12.1 Å². The molecule has 0 saturated carbocycles. The molecule has 27 heavy (non-hydrogen) atoms. The van der Waals surface area contributed by atoms with E-state index in [2.05, 4.69) is 22.8 Å². The summed E-state index contributed by atoms with van der Waals surface area (Å²) in [6, 6.07) is 14.6. The van der Waals surface area contributed by atoms with Gasteiger partial charge in [0.05, 0.1) is 5.69 Å². The van der Waals surface area contributed by atoms with Crippen molar-refractivity contribution in [3.05, 3.63) is 75.9 Å². The summed E-state index contributed by atoms with van der Waals surface area (Å²) in [5.74, 6) is -0.177. The third-order valence-electron chi connectivity index (χ3n) is 5.26. The summed E-state index contributed by atoms with van der Waals surface area (Å²) in [6.45, 7) is 5.95. The van der Waals surface area contributed by atoms with Crippen LogP contribution in [0.4, 0.5) is 10.1 Å². The van der Waals surface area contributed by atoms with Gasteiger partial charge in [0.1, 0.15) is 11.4 Å². The van der Waals surface area contributed by atoms with Gasteiger partial charge in [0.25, 0.3) is 0 Å². The van der Waals surface area contributed by atoms with Gasteiger partial charge in [-0.2, -0.15) is 0 Å². The monoisotopic (exact) mass is 366 g/mol. The Morgan fingerprint density at radius 2 is 1.81 bits per heavy atom. The molecule has 0 spiro atoms. The molecular weight excluding hydrogens is 343 g/mol. The smallest absolute Gasteiger partial charge is 0.336 e. The highest BCUT2D eigenvalue weighted by Gasteiger charge is 2.20. The number of para-hydroxylation sites is 1. The number of hydrogen-bond donors (Lipinski definition) is 0. The van der Waals surface area contributed by atoms with E-state index in [0.29, 0.717) is 17.8 Å². The minimum Gasteiger partial charge on any atom is -0.423 e. The average molecular weight is 366 g/mol. The van der Waals surface area contributed by atoms with Crippen molar-refractivity contribution in [2.45, 2.75) is 19.9 Å². The first-order valence-electron chi connectivity index (χ1n) is 9.41. The largest absolute Gasteiger partial charge is 0.423 e. The number of anilines is 1. The summed E-state index contributed by atoms with van der Waals surface area (Å²) < 4.78 is 19.4. The summed E-state index contributed by atoms with van der Waals surface area (Å²) >= 11 is 0. The van der Waals surface area contributed by atoms with Gasteiger partial charge in [-0.1, -0.05) is 31.2 Å². The van der Waals surface area contributed by atoms with Crippen LogP contribution in [0.5, 0.6) is 0 Å². The van der Waals surface area contributed by atoms with Gasteiger partial charge in [0.2, 0.25) is 0 Å². The number of benzene rings is 2. The first kappa shape index (κ1) is 17.7. The van der Waals surface area contributed by atoms with E-state index in [1.807, 2.05) is 24.3 Å². The fraction of sp³-hybridized carbons (Fsp3) is 0.318. The van der Waals surface area contributed by atoms with Crippen molar-refractivity contribution in [2.24, 2.45) is 0 Å². The van der Waals surface area contributed by atoms with Gasteiger partial charge >= 0.3 is 5.63 Å². The third kappa shape index (κ3) is 3.74. The minimum atomic E-state index is -0.309. The molecule has 0 amide bonds. The number of piperazine rings is 1. The fourth-order valence-electron chi connectivity index (χ4n) is 3.72. The second-order valence-corrected chi connectivity index (χ2v) is 6.99. The maximum Gasteiger partial charge on any atom is 0.336 e. The molecule has 1 saturated heterocycles. The first-order valence-corrected chi connectivity index (χ1v) is 9.41. The summed E-state index contributed by atoms with van der Waals surface area (Å²) in [7, 11) is 0. The van der Waals surface area contributed by atoms with E-state index in [1.165, 1.54) is 6.07 Å². The molecule has 0 atom stereocenters. The van der Waals surface area contributed by atoms with Gasteiger partial charge in [-0.15, -0.1) is 0 Å². The van der Waals surface area contributed by atoms with Gasteiger partial charge in [0.15, 0.2) is 0 Å². The maximum absolute atomic E-state index is 14.0. The van der Waals surface area contributed by atoms with Gasteiger partial charge < -0.3 is 9.32 Å². The van der Waals surface area contributed by atoms with Crippen LogP contribution in [0, 0.1) is 5.82 Å². The number of rotatable bonds is 4. The van der Waals surface area contributed by atoms with Crippen LogP contribution in [-0.2, 0) is 13.0 Å². The molecule has 1 aliphatic rings. The van der Waals surface area contributed by atoms with Crippen molar-refractivity contribution >= 4 is 16.7 Å². The van der Waals surface area contributed by atoms with E-state index in [4.69, 9.17) is 4.42 Å². The molecule has 5 heteroatoms. The van der Waals surface area contributed by atoms with Gasteiger partial charge in [-0.3, -0.25) is 4.90 Å². The summed E-state index contributed by atoms with van der Waals surface area (Å²) in [6.07, 6.45) is 0.905. The molecule has 0 unspecified atom stereocenters. The summed E-state index contributed by atoms with van der Waals surface area (Å²) in [4.78, 5) is 16.4. The molecule has 0 N–H and O–H groups in total. The van der Waals surface area contributed by atoms with Crippen LogP contribution in [0.3, 0.4) is 0 Å². The lowest BCUT2D eigenvalue weighted by Crippen LogP contribution is -2.46. The molecule has 1 fully saturated rings. The fourth-order valence-corrected chi connectivity index (χ4v) is 3.72. The van der Waals surface area contributed by atoms with Gasteiger partial charge in [0, 0.05) is 44.2 Å². The molecule has 4 rings (SSSR count). The quantitative estimate of drug-likeness (QED) is 0.658. The van der Waals surface area contributed by atoms with Crippen molar-refractivity contribution in [3.8, 4) is 0 Å². The highest BCUT2D eigenvalue weighted by atomic mass is 19.1. The molecule has 0 radical (unpaired) electrons. The van der Waals surface area contributed by atoms with Crippen molar-refractivity contribution in [1.29, 1.82) is 0 Å². The molecule has 140 valence electrons. The van der Waals surface area contributed by atoms with E-state index in [9.17, 15) is 9.18 Å². The third-order valence-corrected chi connectivity index (χ3v) is 5.26. The Labute approximate surface area is 157 Å². The molecule has 2 aromatic carbocycles. The highest BCUT2D eigenvalue weighted by Crippen LogP contribution is 2.23. The predicted octanol–water partition coefficient (Wildman–Crippen LogP) is 3.82. The lowest BCUT2D eigenvalue weighted by molar-refractivity contribution is 0.249. The zero-order chi connectivity index (χ0) is 18.8. The molecule has 1 aliphatic heterocycles. The number of fused-ring (bicyclic) bond motifs is 1. The Hall–Kier alpha value is -2.66. The van der Waals surface area contributed by atoms with Gasteiger partial charge in [-0.25, -0.2) is 9.18 Å². The molecule has 4 nitrogen and oxygen atoms in total. The number of aryl methyl sites for hydroxylation is 1. The van der Waals surface area contributed by atoms with Crippen LogP contribution in [0.15, 0.2) is 57.7 Å². The summed E-state index contributed by atoms with van der Waals surface area (Å²) in [5, 5.41) is 0.989. The zero-order valence-corrected chi connectivity index (χ0v) is 15.5. The molecule has 0 bridgehead atoms. The Balaban J connectivity index is 1.51.